The van der Waals surface area contributed by atoms with Gasteiger partial charge in [-0.15, -0.1) is 0 Å². The summed E-state index contributed by atoms with van der Waals surface area (Å²) in [6.45, 7) is 4.32. The van der Waals surface area contributed by atoms with Gasteiger partial charge in [0, 0.05) is 19.6 Å². The largest absolute Gasteiger partial charge is 0.341 e. The lowest BCUT2D eigenvalue weighted by atomic mass is 10.1. The summed E-state index contributed by atoms with van der Waals surface area (Å²) in [6.07, 6.45) is 3.78. The number of hydrogen-bond donors (Lipinski definition) is 2. The van der Waals surface area contributed by atoms with Gasteiger partial charge in [0.15, 0.2) is 0 Å². The van der Waals surface area contributed by atoms with E-state index >= 15 is 0 Å². The van der Waals surface area contributed by atoms with Crippen molar-refractivity contribution in [2.45, 2.75) is 43.9 Å². The van der Waals surface area contributed by atoms with E-state index in [9.17, 15) is 13.2 Å². The number of likely N-dealkylation sites (tertiary alicyclic amines) is 1. The third-order valence-electron chi connectivity index (χ3n) is 3.83. The fraction of sp³-hybridized carbons (Fsp3) is 0.917. The standard InChI is InChI=1S/C12H23N3O3S/c1-10(12(16)15-7-3-2-4-8-15)14-19(17,18)11-5-6-13-9-11/h10-11,13-14H,2-9H2,1H3. The van der Waals surface area contributed by atoms with Crippen molar-refractivity contribution >= 4 is 15.9 Å². The summed E-state index contributed by atoms with van der Waals surface area (Å²) in [5.74, 6) is -0.103. The summed E-state index contributed by atoms with van der Waals surface area (Å²) in [5.41, 5.74) is 0. The molecule has 1 amide bonds. The van der Waals surface area contributed by atoms with Gasteiger partial charge in [-0.25, -0.2) is 13.1 Å². The third kappa shape index (κ3) is 3.67. The lowest BCUT2D eigenvalue weighted by Crippen LogP contribution is -2.50. The van der Waals surface area contributed by atoms with Crippen LogP contribution < -0.4 is 10.0 Å². The van der Waals surface area contributed by atoms with Crippen molar-refractivity contribution < 1.29 is 13.2 Å². The molecule has 110 valence electrons. The van der Waals surface area contributed by atoms with E-state index in [0.717, 1.165) is 38.9 Å². The quantitative estimate of drug-likeness (QED) is 0.743. The van der Waals surface area contributed by atoms with Crippen molar-refractivity contribution in [3.05, 3.63) is 0 Å². The Balaban J connectivity index is 1.92. The second-order valence-corrected chi connectivity index (χ2v) is 7.38. The molecule has 0 aromatic rings. The van der Waals surface area contributed by atoms with Gasteiger partial charge in [0.25, 0.3) is 0 Å². The molecule has 0 radical (unpaired) electrons. The minimum atomic E-state index is -3.40. The first kappa shape index (κ1) is 14.7. The first-order chi connectivity index (χ1) is 9.00. The van der Waals surface area contributed by atoms with Gasteiger partial charge < -0.3 is 10.2 Å². The predicted octanol–water partition coefficient (Wildman–Crippen LogP) is -0.331. The van der Waals surface area contributed by atoms with Gasteiger partial charge >= 0.3 is 0 Å². The molecule has 19 heavy (non-hydrogen) atoms. The molecule has 2 aliphatic heterocycles. The Morgan fingerprint density at radius 2 is 2.00 bits per heavy atom. The molecule has 2 aliphatic rings. The predicted molar refractivity (Wildman–Crippen MR) is 73.2 cm³/mol. The lowest BCUT2D eigenvalue weighted by Gasteiger charge is -2.29. The highest BCUT2D eigenvalue weighted by atomic mass is 32.2. The fourth-order valence-corrected chi connectivity index (χ4v) is 4.23. The Bertz CT molecular complexity index is 412. The molecule has 0 bridgehead atoms. The van der Waals surface area contributed by atoms with Gasteiger partial charge in [0.1, 0.15) is 0 Å². The average molecular weight is 289 g/mol. The maximum absolute atomic E-state index is 12.2. The first-order valence-corrected chi connectivity index (χ1v) is 8.56. The number of carbonyl (C=O) groups is 1. The molecule has 2 N–H and O–H groups in total. The van der Waals surface area contributed by atoms with Gasteiger partial charge in [-0.05, 0) is 39.2 Å². The summed E-state index contributed by atoms with van der Waals surface area (Å²) in [6, 6.07) is -0.663. The maximum Gasteiger partial charge on any atom is 0.240 e. The number of piperidine rings is 1. The third-order valence-corrected chi connectivity index (χ3v) is 5.80. The molecule has 2 heterocycles. The molecule has 0 spiro atoms. The van der Waals surface area contributed by atoms with Crippen molar-refractivity contribution in [3.8, 4) is 0 Å². The Morgan fingerprint density at radius 3 is 2.58 bits per heavy atom. The average Bonchev–Trinajstić information content (AvgIpc) is 2.93. The van der Waals surface area contributed by atoms with Crippen LogP contribution in [-0.2, 0) is 14.8 Å². The molecule has 6 nitrogen and oxygen atoms in total. The summed E-state index contributed by atoms with van der Waals surface area (Å²) in [4.78, 5) is 13.9. The molecule has 2 atom stereocenters. The number of nitrogens with zero attached hydrogens (tertiary/aromatic N) is 1. The zero-order valence-electron chi connectivity index (χ0n) is 11.4. The molecule has 2 saturated heterocycles. The van der Waals surface area contributed by atoms with Crippen LogP contribution in [0.15, 0.2) is 0 Å². The summed E-state index contributed by atoms with van der Waals surface area (Å²) in [5, 5.41) is 2.62. The second-order valence-electron chi connectivity index (χ2n) is 5.39. The van der Waals surface area contributed by atoms with Gasteiger partial charge in [0.05, 0.1) is 11.3 Å². The summed E-state index contributed by atoms with van der Waals surface area (Å²) < 4.78 is 26.8. The van der Waals surface area contributed by atoms with E-state index < -0.39 is 21.3 Å². The Hall–Kier alpha value is -0.660. The fourth-order valence-electron chi connectivity index (χ4n) is 2.67. The van der Waals surface area contributed by atoms with Crippen LogP contribution in [0.3, 0.4) is 0 Å². The first-order valence-electron chi connectivity index (χ1n) is 7.01. The zero-order valence-corrected chi connectivity index (χ0v) is 12.2. The molecular weight excluding hydrogens is 266 g/mol. The molecule has 7 heteroatoms. The highest BCUT2D eigenvalue weighted by molar-refractivity contribution is 7.90. The van der Waals surface area contributed by atoms with E-state index in [0.29, 0.717) is 13.0 Å². The van der Waals surface area contributed by atoms with Crippen molar-refractivity contribution in [1.29, 1.82) is 0 Å². The van der Waals surface area contributed by atoms with Gasteiger partial charge in [0.2, 0.25) is 15.9 Å². The molecule has 0 saturated carbocycles. The topological polar surface area (TPSA) is 78.5 Å². The van der Waals surface area contributed by atoms with Crippen LogP contribution in [0.5, 0.6) is 0 Å². The number of sulfonamides is 1. The van der Waals surface area contributed by atoms with Gasteiger partial charge in [-0.1, -0.05) is 0 Å². The second kappa shape index (κ2) is 6.19. The van der Waals surface area contributed by atoms with Crippen LogP contribution in [0.2, 0.25) is 0 Å². The van der Waals surface area contributed by atoms with Gasteiger partial charge in [-0.3, -0.25) is 4.79 Å². The monoisotopic (exact) mass is 289 g/mol. The molecule has 0 aromatic carbocycles. The molecule has 2 unspecified atom stereocenters. The number of amides is 1. The van der Waals surface area contributed by atoms with E-state index in [1.54, 1.807) is 11.8 Å². The number of carbonyl (C=O) groups excluding carboxylic acids is 1. The Kier molecular flexibility index (Phi) is 4.81. The molecule has 0 aromatic heterocycles. The molecule has 2 rings (SSSR count). The van der Waals surface area contributed by atoms with Crippen molar-refractivity contribution in [2.24, 2.45) is 0 Å². The van der Waals surface area contributed by atoms with Crippen LogP contribution in [0, 0.1) is 0 Å². The maximum atomic E-state index is 12.2. The number of rotatable bonds is 4. The molecule has 0 aliphatic carbocycles. The van der Waals surface area contributed by atoms with Crippen LogP contribution >= 0.6 is 0 Å². The molecule has 2 fully saturated rings. The van der Waals surface area contributed by atoms with Crippen LogP contribution in [0.4, 0.5) is 0 Å². The van der Waals surface area contributed by atoms with Crippen LogP contribution in [-0.4, -0.2) is 56.7 Å². The van der Waals surface area contributed by atoms with Crippen molar-refractivity contribution in [3.63, 3.8) is 0 Å². The Morgan fingerprint density at radius 1 is 1.32 bits per heavy atom. The number of nitrogens with one attached hydrogen (secondary N) is 2. The highest BCUT2D eigenvalue weighted by Crippen LogP contribution is 2.12. The van der Waals surface area contributed by atoms with E-state index in [4.69, 9.17) is 0 Å². The molecular formula is C12H23N3O3S. The van der Waals surface area contributed by atoms with Crippen molar-refractivity contribution in [1.82, 2.24) is 14.9 Å². The van der Waals surface area contributed by atoms with E-state index in [1.807, 2.05) is 0 Å². The highest BCUT2D eigenvalue weighted by Gasteiger charge is 2.32. The van der Waals surface area contributed by atoms with E-state index in [2.05, 4.69) is 10.0 Å². The lowest BCUT2D eigenvalue weighted by molar-refractivity contribution is -0.133. The van der Waals surface area contributed by atoms with E-state index in [-0.39, 0.29) is 5.91 Å². The SMILES string of the molecule is CC(NS(=O)(=O)C1CCNC1)C(=O)N1CCCCC1. The van der Waals surface area contributed by atoms with Gasteiger partial charge in [-0.2, -0.15) is 0 Å². The summed E-state index contributed by atoms with van der Waals surface area (Å²) in [7, 11) is -3.40. The minimum absolute atomic E-state index is 0.103. The Labute approximate surface area is 115 Å². The minimum Gasteiger partial charge on any atom is -0.341 e. The number of hydrogen-bond acceptors (Lipinski definition) is 4. The smallest absolute Gasteiger partial charge is 0.240 e. The summed E-state index contributed by atoms with van der Waals surface area (Å²) >= 11 is 0. The van der Waals surface area contributed by atoms with Crippen LogP contribution in [0.1, 0.15) is 32.6 Å². The van der Waals surface area contributed by atoms with Crippen molar-refractivity contribution in [2.75, 3.05) is 26.2 Å². The van der Waals surface area contributed by atoms with Crippen LogP contribution in [0.25, 0.3) is 0 Å². The normalized spacial score (nSPS) is 26.4. The van der Waals surface area contributed by atoms with E-state index in [1.165, 1.54) is 0 Å². The zero-order chi connectivity index (χ0) is 13.9.